The Labute approximate surface area is 171 Å². The molecule has 0 spiro atoms. The van der Waals surface area contributed by atoms with Crippen molar-refractivity contribution in [3.8, 4) is 0 Å². The molecule has 150 valence electrons. The predicted octanol–water partition coefficient (Wildman–Crippen LogP) is 4.31. The van der Waals surface area contributed by atoms with E-state index in [0.29, 0.717) is 5.92 Å². The number of hydrogen-bond acceptors (Lipinski definition) is 4. The molecule has 2 heterocycles. The van der Waals surface area contributed by atoms with Crippen LogP contribution in [0.4, 0.5) is 4.39 Å². The molecule has 5 heteroatoms. The number of nitrogens with zero attached hydrogens (tertiary/aromatic N) is 2. The summed E-state index contributed by atoms with van der Waals surface area (Å²) >= 11 is 1.70. The molecule has 0 aromatic heterocycles. The van der Waals surface area contributed by atoms with Crippen molar-refractivity contribution >= 4 is 11.8 Å². The van der Waals surface area contributed by atoms with Crippen molar-refractivity contribution in [2.75, 3.05) is 39.3 Å². The van der Waals surface area contributed by atoms with E-state index < -0.39 is 0 Å². The Morgan fingerprint density at radius 2 is 1.86 bits per heavy atom. The fourth-order valence-electron chi connectivity index (χ4n) is 4.29. The van der Waals surface area contributed by atoms with E-state index in [2.05, 4.69) is 41.8 Å². The number of β-amino-alcohol motifs (C(OH)–C–C–N with tert-alkyl or cyclic N) is 1. The highest BCUT2D eigenvalue weighted by Crippen LogP contribution is 2.44. The molecule has 2 aromatic rings. The van der Waals surface area contributed by atoms with Gasteiger partial charge in [-0.2, -0.15) is 0 Å². The highest BCUT2D eigenvalue weighted by Gasteiger charge is 2.30. The minimum absolute atomic E-state index is 0.167. The molecule has 1 unspecified atom stereocenters. The van der Waals surface area contributed by atoms with Gasteiger partial charge in [-0.15, -0.1) is 0 Å². The standard InChI is InChI=1S/C23H29FN2OS/c1-16(2)17-3-6-22-18(13-17)14-21(20-5-4-19(24)15-23(20)28-22)26-9-7-25(8-10-26)11-12-27/h3-6,13,15-16,21,27H,7-12,14H2,1-2H3. The molecule has 28 heavy (non-hydrogen) atoms. The third-order valence-electron chi connectivity index (χ3n) is 5.98. The number of aliphatic hydroxyl groups excluding tert-OH is 1. The summed E-state index contributed by atoms with van der Waals surface area (Å²) in [7, 11) is 0. The summed E-state index contributed by atoms with van der Waals surface area (Å²) in [6.07, 6.45) is 0.960. The zero-order chi connectivity index (χ0) is 19.7. The number of piperazine rings is 1. The Kier molecular flexibility index (Phi) is 6.07. The van der Waals surface area contributed by atoms with Crippen molar-refractivity contribution in [2.45, 2.75) is 42.0 Å². The number of benzene rings is 2. The van der Waals surface area contributed by atoms with Crippen LogP contribution < -0.4 is 0 Å². The van der Waals surface area contributed by atoms with Gasteiger partial charge in [0, 0.05) is 48.6 Å². The van der Waals surface area contributed by atoms with Gasteiger partial charge in [-0.3, -0.25) is 9.80 Å². The Bertz CT molecular complexity index is 833. The average molecular weight is 401 g/mol. The van der Waals surface area contributed by atoms with Crippen LogP contribution in [0.2, 0.25) is 0 Å². The van der Waals surface area contributed by atoms with Crippen molar-refractivity contribution in [1.82, 2.24) is 9.80 Å². The molecule has 2 aromatic carbocycles. The number of aliphatic hydroxyl groups is 1. The first-order valence-electron chi connectivity index (χ1n) is 10.2. The van der Waals surface area contributed by atoms with Gasteiger partial charge in [0.25, 0.3) is 0 Å². The van der Waals surface area contributed by atoms with Crippen LogP contribution in [0, 0.1) is 5.82 Å². The van der Waals surface area contributed by atoms with Gasteiger partial charge in [-0.1, -0.05) is 43.8 Å². The Morgan fingerprint density at radius 1 is 1.07 bits per heavy atom. The van der Waals surface area contributed by atoms with Crippen molar-refractivity contribution in [3.63, 3.8) is 0 Å². The van der Waals surface area contributed by atoms with Crippen LogP contribution in [0.25, 0.3) is 0 Å². The summed E-state index contributed by atoms with van der Waals surface area (Å²) in [6, 6.07) is 12.3. The Morgan fingerprint density at radius 3 is 2.57 bits per heavy atom. The zero-order valence-electron chi connectivity index (χ0n) is 16.7. The van der Waals surface area contributed by atoms with Gasteiger partial charge in [-0.25, -0.2) is 4.39 Å². The summed E-state index contributed by atoms with van der Waals surface area (Å²) < 4.78 is 14.0. The second-order valence-corrected chi connectivity index (χ2v) is 9.21. The first-order chi connectivity index (χ1) is 13.5. The monoisotopic (exact) mass is 400 g/mol. The molecule has 1 fully saturated rings. The van der Waals surface area contributed by atoms with Gasteiger partial charge < -0.3 is 5.11 Å². The molecular formula is C23H29FN2OS. The maximum absolute atomic E-state index is 14.0. The van der Waals surface area contributed by atoms with E-state index in [1.807, 2.05) is 6.07 Å². The second-order valence-electron chi connectivity index (χ2n) is 8.13. The highest BCUT2D eigenvalue weighted by molar-refractivity contribution is 7.99. The highest BCUT2D eigenvalue weighted by atomic mass is 32.2. The lowest BCUT2D eigenvalue weighted by atomic mass is 9.93. The van der Waals surface area contributed by atoms with Crippen LogP contribution in [-0.4, -0.2) is 54.2 Å². The molecule has 0 aliphatic carbocycles. The quantitative estimate of drug-likeness (QED) is 0.827. The van der Waals surface area contributed by atoms with Crippen molar-refractivity contribution in [3.05, 3.63) is 58.9 Å². The maximum Gasteiger partial charge on any atom is 0.124 e. The summed E-state index contributed by atoms with van der Waals surface area (Å²) in [5.74, 6) is 0.332. The zero-order valence-corrected chi connectivity index (χ0v) is 17.5. The molecular weight excluding hydrogens is 371 g/mol. The van der Waals surface area contributed by atoms with E-state index in [1.54, 1.807) is 23.9 Å². The lowest BCUT2D eigenvalue weighted by molar-refractivity contribution is 0.0823. The molecule has 0 saturated carbocycles. The van der Waals surface area contributed by atoms with Gasteiger partial charge in [-0.05, 0) is 47.2 Å². The lowest BCUT2D eigenvalue weighted by Gasteiger charge is -2.39. The smallest absolute Gasteiger partial charge is 0.124 e. The lowest BCUT2D eigenvalue weighted by Crippen LogP contribution is -2.48. The summed E-state index contributed by atoms with van der Waals surface area (Å²) in [5.41, 5.74) is 3.97. The topological polar surface area (TPSA) is 26.7 Å². The van der Waals surface area contributed by atoms with Crippen LogP contribution in [-0.2, 0) is 6.42 Å². The average Bonchev–Trinajstić information content (AvgIpc) is 2.84. The number of hydrogen-bond donors (Lipinski definition) is 1. The van der Waals surface area contributed by atoms with Crippen molar-refractivity contribution < 1.29 is 9.50 Å². The molecule has 0 bridgehead atoms. The fourth-order valence-corrected chi connectivity index (χ4v) is 5.43. The van der Waals surface area contributed by atoms with Crippen molar-refractivity contribution in [1.29, 1.82) is 0 Å². The molecule has 0 amide bonds. The Balaban J connectivity index is 1.68. The van der Waals surface area contributed by atoms with E-state index in [4.69, 9.17) is 0 Å². The van der Waals surface area contributed by atoms with Crippen LogP contribution in [0.15, 0.2) is 46.2 Å². The molecule has 1 saturated heterocycles. The van der Waals surface area contributed by atoms with Gasteiger partial charge in [0.05, 0.1) is 6.61 Å². The van der Waals surface area contributed by atoms with Crippen LogP contribution in [0.3, 0.4) is 0 Å². The fraction of sp³-hybridized carbons (Fsp3) is 0.478. The minimum atomic E-state index is -0.167. The molecule has 2 aliphatic heterocycles. The summed E-state index contributed by atoms with van der Waals surface area (Å²) in [6.45, 7) is 9.32. The molecule has 1 atom stereocenters. The molecule has 1 N–H and O–H groups in total. The van der Waals surface area contributed by atoms with Crippen LogP contribution >= 0.6 is 11.8 Å². The third-order valence-corrected chi connectivity index (χ3v) is 7.17. The van der Waals surface area contributed by atoms with Gasteiger partial charge in [0.2, 0.25) is 0 Å². The van der Waals surface area contributed by atoms with E-state index in [1.165, 1.54) is 21.6 Å². The largest absolute Gasteiger partial charge is 0.395 e. The van der Waals surface area contributed by atoms with Crippen molar-refractivity contribution in [2.24, 2.45) is 0 Å². The maximum atomic E-state index is 14.0. The van der Waals surface area contributed by atoms with Crippen LogP contribution in [0.1, 0.15) is 42.5 Å². The molecule has 3 nitrogen and oxygen atoms in total. The number of halogens is 1. The first kappa shape index (κ1) is 19.9. The van der Waals surface area contributed by atoms with Gasteiger partial charge >= 0.3 is 0 Å². The van der Waals surface area contributed by atoms with Gasteiger partial charge in [0.1, 0.15) is 5.82 Å². The number of fused-ring (bicyclic) bond motifs is 2. The second kappa shape index (κ2) is 8.54. The molecule has 0 radical (unpaired) electrons. The molecule has 2 aliphatic rings. The van der Waals surface area contributed by atoms with Gasteiger partial charge in [0.15, 0.2) is 0 Å². The Hall–Kier alpha value is -1.40. The number of rotatable bonds is 4. The minimum Gasteiger partial charge on any atom is -0.395 e. The summed E-state index contributed by atoms with van der Waals surface area (Å²) in [5, 5.41) is 9.21. The SMILES string of the molecule is CC(C)c1ccc2c(c1)CC(N1CCN(CCO)CC1)c1ccc(F)cc1S2. The van der Waals surface area contributed by atoms with E-state index >= 15 is 0 Å². The van der Waals surface area contributed by atoms with Crippen LogP contribution in [0.5, 0.6) is 0 Å². The van der Waals surface area contributed by atoms with E-state index in [9.17, 15) is 9.50 Å². The van der Waals surface area contributed by atoms with E-state index in [-0.39, 0.29) is 18.5 Å². The first-order valence-corrected chi connectivity index (χ1v) is 11.0. The normalized spacial score (nSPS) is 20.7. The van der Waals surface area contributed by atoms with E-state index in [0.717, 1.165) is 44.0 Å². The summed E-state index contributed by atoms with van der Waals surface area (Å²) in [4.78, 5) is 7.15. The predicted molar refractivity (Wildman–Crippen MR) is 113 cm³/mol. The third kappa shape index (κ3) is 4.13. The molecule has 4 rings (SSSR count).